The molecule has 0 atom stereocenters. The number of alkyl halides is 1. The first-order valence-electron chi connectivity index (χ1n) is 7.97. The van der Waals surface area contributed by atoms with Crippen molar-refractivity contribution < 1.29 is 4.39 Å². The van der Waals surface area contributed by atoms with Crippen LogP contribution in [-0.4, -0.2) is 12.5 Å². The van der Waals surface area contributed by atoms with Crippen LogP contribution in [0.3, 0.4) is 0 Å². The minimum atomic E-state index is -0.971. The molecule has 0 rings (SSSR count). The van der Waals surface area contributed by atoms with E-state index in [1.165, 1.54) is 11.6 Å². The van der Waals surface area contributed by atoms with Gasteiger partial charge in [-0.15, -0.1) is 0 Å². The van der Waals surface area contributed by atoms with Crippen LogP contribution in [0.2, 0.25) is 25.7 Å². The average Bonchev–Trinajstić information content (AvgIpc) is 2.36. The van der Waals surface area contributed by atoms with Crippen LogP contribution < -0.4 is 0 Å². The fourth-order valence-corrected chi connectivity index (χ4v) is 3.62. The molecular formula is C18H32FISi. The Labute approximate surface area is 146 Å². The molecular weight excluding hydrogens is 390 g/mol. The van der Waals surface area contributed by atoms with Crippen molar-refractivity contribution in [3.63, 3.8) is 0 Å². The third-order valence-corrected chi connectivity index (χ3v) is 5.39. The molecule has 0 saturated heterocycles. The maximum Gasteiger partial charge on any atom is 0.0991 e. The standard InChI is InChI=1S/C18H32FISi/c1-16(13-14-20)10-9-12-18(19)17(2)11-7-6-8-15-21(3,4)5/h6,8,10H,7,9,11-15H2,1-5H3/b8-6-,16-10+,18-17-. The van der Waals surface area contributed by atoms with Crippen LogP contribution in [0.1, 0.15) is 46.0 Å². The highest BCUT2D eigenvalue weighted by Gasteiger charge is 2.09. The summed E-state index contributed by atoms with van der Waals surface area (Å²) < 4.78 is 15.1. The van der Waals surface area contributed by atoms with Crippen molar-refractivity contribution >= 4 is 30.7 Å². The Morgan fingerprint density at radius 3 is 2.24 bits per heavy atom. The molecule has 0 nitrogen and oxygen atoms in total. The monoisotopic (exact) mass is 422 g/mol. The Morgan fingerprint density at radius 2 is 1.67 bits per heavy atom. The maximum absolute atomic E-state index is 14.0. The first kappa shape index (κ1) is 21.1. The summed E-state index contributed by atoms with van der Waals surface area (Å²) in [6, 6.07) is 1.22. The van der Waals surface area contributed by atoms with E-state index in [1.807, 2.05) is 6.92 Å². The molecule has 0 aromatic heterocycles. The predicted molar refractivity (Wildman–Crippen MR) is 107 cm³/mol. The van der Waals surface area contributed by atoms with Gasteiger partial charge in [0.1, 0.15) is 0 Å². The molecule has 0 spiro atoms. The molecule has 21 heavy (non-hydrogen) atoms. The van der Waals surface area contributed by atoms with E-state index in [1.54, 1.807) is 0 Å². The van der Waals surface area contributed by atoms with Gasteiger partial charge in [-0.1, -0.05) is 66.0 Å². The quantitative estimate of drug-likeness (QED) is 0.148. The van der Waals surface area contributed by atoms with Gasteiger partial charge in [-0.05, 0) is 51.1 Å². The molecule has 0 unspecified atom stereocenters. The summed E-state index contributed by atoms with van der Waals surface area (Å²) in [5, 5.41) is 0. The number of hydrogen-bond acceptors (Lipinski definition) is 0. The molecule has 0 amide bonds. The maximum atomic E-state index is 14.0. The second-order valence-corrected chi connectivity index (χ2v) is 13.6. The first-order valence-corrected chi connectivity index (χ1v) is 13.2. The van der Waals surface area contributed by atoms with Gasteiger partial charge in [0.25, 0.3) is 0 Å². The molecule has 0 aromatic rings. The Morgan fingerprint density at radius 1 is 1.00 bits per heavy atom. The molecule has 0 aliphatic carbocycles. The topological polar surface area (TPSA) is 0 Å². The summed E-state index contributed by atoms with van der Waals surface area (Å²) in [4.78, 5) is 0. The molecule has 3 heteroatoms. The lowest BCUT2D eigenvalue weighted by atomic mass is 10.1. The molecule has 0 aliphatic rings. The lowest BCUT2D eigenvalue weighted by molar-refractivity contribution is 0.572. The zero-order chi connectivity index (χ0) is 16.3. The minimum absolute atomic E-state index is 0.0899. The van der Waals surface area contributed by atoms with E-state index in [0.29, 0.717) is 6.42 Å². The van der Waals surface area contributed by atoms with Gasteiger partial charge in [-0.3, -0.25) is 0 Å². The van der Waals surface area contributed by atoms with Crippen LogP contribution in [0.25, 0.3) is 0 Å². The number of allylic oxidation sites excluding steroid dienone is 6. The Kier molecular flexibility index (Phi) is 11.7. The normalized spacial score (nSPS) is 14.7. The van der Waals surface area contributed by atoms with Crippen LogP contribution in [0, 0.1) is 0 Å². The zero-order valence-electron chi connectivity index (χ0n) is 14.4. The molecule has 0 radical (unpaired) electrons. The van der Waals surface area contributed by atoms with Crippen molar-refractivity contribution in [3.8, 4) is 0 Å². The van der Waals surface area contributed by atoms with Crippen LogP contribution in [0.4, 0.5) is 4.39 Å². The van der Waals surface area contributed by atoms with Gasteiger partial charge in [-0.2, -0.15) is 0 Å². The third kappa shape index (κ3) is 13.5. The second kappa shape index (κ2) is 11.6. The highest BCUT2D eigenvalue weighted by Crippen LogP contribution is 2.19. The van der Waals surface area contributed by atoms with Crippen molar-refractivity contribution in [1.29, 1.82) is 0 Å². The van der Waals surface area contributed by atoms with E-state index in [4.69, 9.17) is 0 Å². The van der Waals surface area contributed by atoms with Crippen molar-refractivity contribution in [2.45, 2.75) is 71.6 Å². The third-order valence-electron chi connectivity index (χ3n) is 3.39. The largest absolute Gasteiger partial charge is 0.212 e. The van der Waals surface area contributed by atoms with Crippen molar-refractivity contribution in [2.75, 3.05) is 4.43 Å². The van der Waals surface area contributed by atoms with E-state index in [2.05, 4.69) is 67.4 Å². The van der Waals surface area contributed by atoms with Crippen molar-refractivity contribution in [1.82, 2.24) is 0 Å². The highest BCUT2D eigenvalue weighted by atomic mass is 127. The van der Waals surface area contributed by atoms with Gasteiger partial charge < -0.3 is 0 Å². The smallest absolute Gasteiger partial charge is 0.0991 e. The van der Waals surface area contributed by atoms with E-state index in [0.717, 1.165) is 35.7 Å². The number of halogens is 2. The lowest BCUT2D eigenvalue weighted by Gasteiger charge is -2.11. The summed E-state index contributed by atoms with van der Waals surface area (Å²) in [6.45, 7) is 11.2. The van der Waals surface area contributed by atoms with E-state index in [9.17, 15) is 4.39 Å². The van der Waals surface area contributed by atoms with Crippen LogP contribution in [0.5, 0.6) is 0 Å². The Bertz CT molecular complexity index is 375. The molecule has 122 valence electrons. The number of rotatable bonds is 10. The summed E-state index contributed by atoms with van der Waals surface area (Å²) >= 11 is 2.38. The lowest BCUT2D eigenvalue weighted by Crippen LogP contribution is -2.17. The van der Waals surface area contributed by atoms with Gasteiger partial charge in [-0.25, -0.2) is 4.39 Å². The summed E-state index contributed by atoms with van der Waals surface area (Å²) in [5.74, 6) is 0.0899. The van der Waals surface area contributed by atoms with E-state index >= 15 is 0 Å². The van der Waals surface area contributed by atoms with E-state index < -0.39 is 8.07 Å². The number of hydrogen-bond donors (Lipinski definition) is 0. The molecule has 0 aromatic carbocycles. The van der Waals surface area contributed by atoms with Crippen LogP contribution >= 0.6 is 22.6 Å². The van der Waals surface area contributed by atoms with Gasteiger partial charge >= 0.3 is 0 Å². The van der Waals surface area contributed by atoms with Crippen LogP contribution in [0.15, 0.2) is 35.2 Å². The molecule has 0 N–H and O–H groups in total. The van der Waals surface area contributed by atoms with Gasteiger partial charge in [0, 0.05) is 18.9 Å². The van der Waals surface area contributed by atoms with Gasteiger partial charge in [0.15, 0.2) is 0 Å². The summed E-state index contributed by atoms with van der Waals surface area (Å²) in [7, 11) is -0.971. The summed E-state index contributed by atoms with van der Waals surface area (Å²) in [6.07, 6.45) is 11.0. The molecule has 0 bridgehead atoms. The molecule has 0 fully saturated rings. The van der Waals surface area contributed by atoms with Crippen molar-refractivity contribution in [3.05, 3.63) is 35.2 Å². The van der Waals surface area contributed by atoms with Crippen LogP contribution in [-0.2, 0) is 0 Å². The SMILES string of the molecule is C/C(CC/C=C\C[Si](C)(C)C)=C(/F)CC/C=C(\C)CCI. The average molecular weight is 422 g/mol. The van der Waals surface area contributed by atoms with Gasteiger partial charge in [0.05, 0.1) is 5.83 Å². The predicted octanol–water partition coefficient (Wildman–Crippen LogP) is 7.46. The Hall–Kier alpha value is 0.0969. The second-order valence-electron chi connectivity index (χ2n) is 6.99. The zero-order valence-corrected chi connectivity index (χ0v) is 17.6. The summed E-state index contributed by atoms with van der Waals surface area (Å²) in [5.41, 5.74) is 2.30. The van der Waals surface area contributed by atoms with E-state index in [-0.39, 0.29) is 5.83 Å². The van der Waals surface area contributed by atoms with Gasteiger partial charge in [0.2, 0.25) is 0 Å². The molecule has 0 heterocycles. The highest BCUT2D eigenvalue weighted by molar-refractivity contribution is 14.1. The first-order chi connectivity index (χ1) is 9.76. The fraction of sp³-hybridized carbons (Fsp3) is 0.667. The van der Waals surface area contributed by atoms with Crippen molar-refractivity contribution in [2.24, 2.45) is 0 Å². The molecule has 0 aliphatic heterocycles. The minimum Gasteiger partial charge on any atom is -0.212 e. The Balaban J connectivity index is 4.06. The fourth-order valence-electron chi connectivity index (χ4n) is 1.90. The molecule has 0 saturated carbocycles.